The molecule has 0 bridgehead atoms. The Balaban J connectivity index is 2.99. The van der Waals surface area contributed by atoms with Crippen molar-refractivity contribution in [1.82, 2.24) is 16.0 Å². The van der Waals surface area contributed by atoms with Gasteiger partial charge < -0.3 is 26.8 Å². The molecule has 1 aromatic carbocycles. The zero-order valence-electron chi connectivity index (χ0n) is 17.2. The molecule has 0 fully saturated rings. The van der Waals surface area contributed by atoms with Crippen molar-refractivity contribution in [2.45, 2.75) is 58.7 Å². The molecule has 9 nitrogen and oxygen atoms in total. The van der Waals surface area contributed by atoms with Gasteiger partial charge in [-0.2, -0.15) is 0 Å². The first-order valence-corrected chi connectivity index (χ1v) is 9.44. The van der Waals surface area contributed by atoms with Crippen LogP contribution in [0.4, 0.5) is 0 Å². The van der Waals surface area contributed by atoms with Crippen LogP contribution in [0.1, 0.15) is 39.7 Å². The van der Waals surface area contributed by atoms with E-state index in [1.807, 2.05) is 13.8 Å². The van der Waals surface area contributed by atoms with E-state index in [-0.39, 0.29) is 24.0 Å². The molecule has 0 heterocycles. The van der Waals surface area contributed by atoms with Crippen LogP contribution >= 0.6 is 0 Å². The Morgan fingerprint density at radius 2 is 1.48 bits per heavy atom. The van der Waals surface area contributed by atoms with Crippen molar-refractivity contribution in [3.63, 3.8) is 0 Å². The fourth-order valence-electron chi connectivity index (χ4n) is 2.73. The summed E-state index contributed by atoms with van der Waals surface area (Å²) in [5, 5.41) is 17.1. The van der Waals surface area contributed by atoms with E-state index < -0.39 is 35.8 Å². The Morgan fingerprint density at radius 3 is 1.97 bits per heavy atom. The third-order valence-corrected chi connectivity index (χ3v) is 4.19. The van der Waals surface area contributed by atoms with Crippen molar-refractivity contribution >= 4 is 23.6 Å². The quantitative estimate of drug-likeness (QED) is 0.369. The summed E-state index contributed by atoms with van der Waals surface area (Å²) in [5.74, 6) is -1.95. The summed E-state index contributed by atoms with van der Waals surface area (Å²) in [4.78, 5) is 48.1. The zero-order chi connectivity index (χ0) is 22.1. The second-order valence-corrected chi connectivity index (χ2v) is 7.45. The molecule has 160 valence electrons. The van der Waals surface area contributed by atoms with Crippen molar-refractivity contribution in [2.75, 3.05) is 0 Å². The van der Waals surface area contributed by atoms with Crippen LogP contribution in [-0.2, 0) is 25.6 Å². The van der Waals surface area contributed by atoms with Gasteiger partial charge in [0.2, 0.25) is 23.6 Å². The number of carbonyl (C=O) groups excluding carboxylic acids is 4. The van der Waals surface area contributed by atoms with Crippen LogP contribution < -0.4 is 21.7 Å². The number of amides is 4. The fraction of sp³-hybridized carbons (Fsp3) is 0.500. The monoisotopic (exact) mass is 406 g/mol. The van der Waals surface area contributed by atoms with Crippen LogP contribution in [0.5, 0.6) is 5.75 Å². The van der Waals surface area contributed by atoms with Gasteiger partial charge in [0, 0.05) is 13.3 Å². The molecule has 0 aromatic heterocycles. The van der Waals surface area contributed by atoms with Gasteiger partial charge in [0.05, 0.1) is 0 Å². The molecule has 4 amide bonds. The van der Waals surface area contributed by atoms with Crippen molar-refractivity contribution < 1.29 is 24.3 Å². The number of primary amides is 1. The molecule has 6 N–H and O–H groups in total. The van der Waals surface area contributed by atoms with Gasteiger partial charge in [-0.05, 0) is 37.0 Å². The number of phenolic OH excluding ortho intramolecular Hbond substituents is 1. The van der Waals surface area contributed by atoms with E-state index in [2.05, 4.69) is 16.0 Å². The SMILES string of the molecule is CC(=O)NC(C)C(=O)NC(Cc1ccc(O)cc1)C(=O)NC(CC(C)C)C(N)=O. The number of rotatable bonds is 10. The molecule has 3 atom stereocenters. The first kappa shape index (κ1) is 23.9. The minimum absolute atomic E-state index is 0.0730. The fourth-order valence-corrected chi connectivity index (χ4v) is 2.73. The van der Waals surface area contributed by atoms with Crippen LogP contribution in [0.3, 0.4) is 0 Å². The van der Waals surface area contributed by atoms with E-state index in [0.717, 1.165) is 0 Å². The summed E-state index contributed by atoms with van der Waals surface area (Å²) in [7, 11) is 0. The average molecular weight is 406 g/mol. The molecule has 0 radical (unpaired) electrons. The van der Waals surface area contributed by atoms with Crippen molar-refractivity contribution in [3.05, 3.63) is 29.8 Å². The highest BCUT2D eigenvalue weighted by Crippen LogP contribution is 2.12. The second kappa shape index (κ2) is 11.0. The Kier molecular flexibility index (Phi) is 9.11. The van der Waals surface area contributed by atoms with Crippen LogP contribution in [-0.4, -0.2) is 46.9 Å². The molecule has 9 heteroatoms. The van der Waals surface area contributed by atoms with E-state index in [1.54, 1.807) is 12.1 Å². The number of phenols is 1. The third-order valence-electron chi connectivity index (χ3n) is 4.19. The van der Waals surface area contributed by atoms with Crippen molar-refractivity contribution in [1.29, 1.82) is 0 Å². The van der Waals surface area contributed by atoms with Gasteiger partial charge in [0.25, 0.3) is 0 Å². The minimum Gasteiger partial charge on any atom is -0.508 e. The Labute approximate surface area is 170 Å². The number of aromatic hydroxyl groups is 1. The maximum absolute atomic E-state index is 12.8. The maximum Gasteiger partial charge on any atom is 0.243 e. The van der Waals surface area contributed by atoms with Crippen LogP contribution in [0, 0.1) is 5.92 Å². The zero-order valence-corrected chi connectivity index (χ0v) is 17.2. The van der Waals surface area contributed by atoms with E-state index in [1.165, 1.54) is 26.0 Å². The lowest BCUT2D eigenvalue weighted by molar-refractivity contribution is -0.133. The topological polar surface area (TPSA) is 151 Å². The summed E-state index contributed by atoms with van der Waals surface area (Å²) in [6.45, 7) is 6.57. The van der Waals surface area contributed by atoms with Gasteiger partial charge in [-0.1, -0.05) is 26.0 Å². The average Bonchev–Trinajstić information content (AvgIpc) is 2.61. The second-order valence-electron chi connectivity index (χ2n) is 7.45. The van der Waals surface area contributed by atoms with Gasteiger partial charge in [-0.3, -0.25) is 19.2 Å². The predicted molar refractivity (Wildman–Crippen MR) is 108 cm³/mol. The lowest BCUT2D eigenvalue weighted by atomic mass is 10.0. The Morgan fingerprint density at radius 1 is 0.931 bits per heavy atom. The van der Waals surface area contributed by atoms with Crippen LogP contribution in [0.25, 0.3) is 0 Å². The highest BCUT2D eigenvalue weighted by atomic mass is 16.3. The molecule has 1 aromatic rings. The van der Waals surface area contributed by atoms with Gasteiger partial charge in [0.1, 0.15) is 23.9 Å². The van der Waals surface area contributed by atoms with Crippen LogP contribution in [0.15, 0.2) is 24.3 Å². The number of nitrogens with one attached hydrogen (secondary N) is 3. The first-order valence-electron chi connectivity index (χ1n) is 9.44. The molecular weight excluding hydrogens is 376 g/mol. The molecule has 3 unspecified atom stereocenters. The van der Waals surface area contributed by atoms with Gasteiger partial charge in [-0.15, -0.1) is 0 Å². The Bertz CT molecular complexity index is 733. The summed E-state index contributed by atoms with van der Waals surface area (Å²) < 4.78 is 0. The van der Waals surface area contributed by atoms with Crippen molar-refractivity contribution in [2.24, 2.45) is 11.7 Å². The van der Waals surface area contributed by atoms with Crippen LogP contribution in [0.2, 0.25) is 0 Å². The molecule has 0 aliphatic heterocycles. The molecule has 0 aliphatic carbocycles. The maximum atomic E-state index is 12.8. The summed E-state index contributed by atoms with van der Waals surface area (Å²) in [6.07, 6.45) is 0.487. The van der Waals surface area contributed by atoms with E-state index in [0.29, 0.717) is 12.0 Å². The molecule has 0 saturated carbocycles. The highest BCUT2D eigenvalue weighted by molar-refractivity contribution is 5.93. The Hall–Kier alpha value is -3.10. The van der Waals surface area contributed by atoms with Crippen molar-refractivity contribution in [3.8, 4) is 5.75 Å². The lowest BCUT2D eigenvalue weighted by Crippen LogP contribution is -2.56. The molecule has 29 heavy (non-hydrogen) atoms. The molecule has 1 rings (SSSR count). The summed E-state index contributed by atoms with van der Waals surface area (Å²) in [6, 6.07) is 3.47. The lowest BCUT2D eigenvalue weighted by Gasteiger charge is -2.24. The first-order chi connectivity index (χ1) is 13.5. The summed E-state index contributed by atoms with van der Waals surface area (Å²) in [5.41, 5.74) is 6.08. The molecule has 0 spiro atoms. The third kappa shape index (κ3) is 8.63. The van der Waals surface area contributed by atoms with Gasteiger partial charge in [-0.25, -0.2) is 0 Å². The standard InChI is InChI=1S/C20H30N4O5/c1-11(2)9-16(18(21)27)23-20(29)17(10-14-5-7-15(26)8-6-14)24-19(28)12(3)22-13(4)25/h5-8,11-12,16-17,26H,9-10H2,1-4H3,(H2,21,27)(H,22,25)(H,23,29)(H,24,28). The number of hydrogen-bond donors (Lipinski definition) is 5. The van der Waals surface area contributed by atoms with E-state index in [4.69, 9.17) is 5.73 Å². The molecule has 0 aliphatic rings. The number of hydrogen-bond acceptors (Lipinski definition) is 5. The molecular formula is C20H30N4O5. The van der Waals surface area contributed by atoms with E-state index >= 15 is 0 Å². The minimum atomic E-state index is -1.00. The number of nitrogens with two attached hydrogens (primary N) is 1. The highest BCUT2D eigenvalue weighted by Gasteiger charge is 2.28. The van der Waals surface area contributed by atoms with Gasteiger partial charge in [0.15, 0.2) is 0 Å². The van der Waals surface area contributed by atoms with Gasteiger partial charge >= 0.3 is 0 Å². The smallest absolute Gasteiger partial charge is 0.243 e. The summed E-state index contributed by atoms with van der Waals surface area (Å²) >= 11 is 0. The normalized spacial score (nSPS) is 13.8. The van der Waals surface area contributed by atoms with E-state index in [9.17, 15) is 24.3 Å². The largest absolute Gasteiger partial charge is 0.508 e. The number of carbonyl (C=O) groups is 4. The molecule has 0 saturated heterocycles. The predicted octanol–water partition coefficient (Wildman–Crippen LogP) is -0.0397. The number of benzene rings is 1.